The monoisotopic (exact) mass is 226 g/mol. The summed E-state index contributed by atoms with van der Waals surface area (Å²) in [5.74, 6) is 0. The molecule has 1 aromatic carbocycles. The molecule has 0 aliphatic rings. The Balaban J connectivity index is 2.19. The zero-order valence-corrected chi connectivity index (χ0v) is 8.96. The van der Waals surface area contributed by atoms with Gasteiger partial charge in [0.25, 0.3) is 0 Å². The number of nitrogens with zero attached hydrogens (tertiary/aromatic N) is 3. The predicted octanol–water partition coefficient (Wildman–Crippen LogP) is 1.51. The second-order valence-corrected chi connectivity index (χ2v) is 3.69. The van der Waals surface area contributed by atoms with Crippen LogP contribution in [0.2, 0.25) is 0 Å². The van der Waals surface area contributed by atoms with Crippen LogP contribution >= 0.6 is 0 Å². The number of hydrogen-bond acceptors (Lipinski definition) is 4. The molecule has 5 nitrogen and oxygen atoms in total. The molecule has 0 aliphatic carbocycles. The Morgan fingerprint density at radius 3 is 2.71 bits per heavy atom. The minimum atomic E-state index is -0.111. The average Bonchev–Trinajstić information content (AvgIpc) is 2.81. The van der Waals surface area contributed by atoms with Crippen LogP contribution in [0.5, 0.6) is 0 Å². The number of nitrogens with one attached hydrogen (secondary N) is 1. The first-order valence-electron chi connectivity index (χ1n) is 5.25. The van der Waals surface area contributed by atoms with E-state index in [0.29, 0.717) is 11.3 Å². The third-order valence-electron chi connectivity index (χ3n) is 2.62. The fourth-order valence-electron chi connectivity index (χ4n) is 1.75. The van der Waals surface area contributed by atoms with Crippen LogP contribution < -0.4 is 0 Å². The maximum Gasteiger partial charge on any atom is 0.178 e. The van der Waals surface area contributed by atoms with E-state index in [-0.39, 0.29) is 6.61 Å². The normalized spacial score (nSPS) is 10.9. The summed E-state index contributed by atoms with van der Waals surface area (Å²) < 4.78 is 0. The van der Waals surface area contributed by atoms with Crippen LogP contribution in [-0.2, 0) is 6.61 Å². The summed E-state index contributed by atoms with van der Waals surface area (Å²) >= 11 is 0. The molecule has 0 radical (unpaired) electrons. The highest BCUT2D eigenvalue weighted by atomic mass is 16.3. The molecule has 0 bridgehead atoms. The van der Waals surface area contributed by atoms with Gasteiger partial charge in [-0.2, -0.15) is 5.10 Å². The minimum absolute atomic E-state index is 0.111. The van der Waals surface area contributed by atoms with Crippen LogP contribution in [0, 0.1) is 0 Å². The second-order valence-electron chi connectivity index (χ2n) is 3.69. The van der Waals surface area contributed by atoms with Crippen molar-refractivity contribution in [3.8, 4) is 11.3 Å². The topological polar surface area (TPSA) is 74.7 Å². The Labute approximate surface area is 97.1 Å². The predicted molar refractivity (Wildman–Crippen MR) is 63.0 cm³/mol. The van der Waals surface area contributed by atoms with Gasteiger partial charge in [0.2, 0.25) is 0 Å². The van der Waals surface area contributed by atoms with Crippen LogP contribution in [0.25, 0.3) is 22.3 Å². The van der Waals surface area contributed by atoms with E-state index in [1.165, 1.54) is 0 Å². The summed E-state index contributed by atoms with van der Waals surface area (Å²) in [5, 5.41) is 24.8. The average molecular weight is 226 g/mol. The van der Waals surface area contributed by atoms with Gasteiger partial charge in [0.15, 0.2) is 5.65 Å². The maximum absolute atomic E-state index is 9.16. The lowest BCUT2D eigenvalue weighted by Crippen LogP contribution is -1.89. The molecule has 17 heavy (non-hydrogen) atoms. The van der Waals surface area contributed by atoms with Gasteiger partial charge in [-0.15, -0.1) is 10.2 Å². The summed E-state index contributed by atoms with van der Waals surface area (Å²) in [6.45, 7) is -0.111. The lowest BCUT2D eigenvalue weighted by atomic mass is 10.1. The van der Waals surface area contributed by atoms with Crippen molar-refractivity contribution in [3.63, 3.8) is 0 Å². The Bertz CT molecular complexity index is 648. The highest BCUT2D eigenvalue weighted by molar-refractivity contribution is 5.81. The van der Waals surface area contributed by atoms with E-state index < -0.39 is 0 Å². The van der Waals surface area contributed by atoms with E-state index in [1.54, 1.807) is 0 Å². The zero-order chi connectivity index (χ0) is 11.7. The van der Waals surface area contributed by atoms with Crippen molar-refractivity contribution in [1.29, 1.82) is 0 Å². The molecule has 0 aliphatic heterocycles. The number of aliphatic hydroxyl groups is 1. The van der Waals surface area contributed by atoms with E-state index in [0.717, 1.165) is 16.6 Å². The van der Waals surface area contributed by atoms with Crippen LogP contribution in [-0.4, -0.2) is 25.5 Å². The Kier molecular flexibility index (Phi) is 2.31. The molecule has 5 heteroatoms. The first kappa shape index (κ1) is 9.92. The summed E-state index contributed by atoms with van der Waals surface area (Å²) in [7, 11) is 0. The first-order chi connectivity index (χ1) is 8.38. The van der Waals surface area contributed by atoms with Crippen molar-refractivity contribution < 1.29 is 5.11 Å². The van der Waals surface area contributed by atoms with Crippen LogP contribution in [0.4, 0.5) is 0 Å². The highest BCUT2D eigenvalue weighted by Gasteiger charge is 2.08. The van der Waals surface area contributed by atoms with Gasteiger partial charge in [-0.3, -0.25) is 5.10 Å². The molecule has 0 amide bonds. The van der Waals surface area contributed by atoms with Gasteiger partial charge in [-0.1, -0.05) is 30.3 Å². The van der Waals surface area contributed by atoms with Gasteiger partial charge >= 0.3 is 0 Å². The fourth-order valence-corrected chi connectivity index (χ4v) is 1.75. The quantitative estimate of drug-likeness (QED) is 0.694. The zero-order valence-electron chi connectivity index (χ0n) is 8.96. The standard InChI is InChI=1S/C12H10N4O/c17-7-11-9-6-10(8-4-2-1-3-5-8)13-15-12(9)16-14-11/h1-6,17H,7H2,(H,14,15,16). The minimum Gasteiger partial charge on any atom is -0.390 e. The molecule has 2 heterocycles. The summed E-state index contributed by atoms with van der Waals surface area (Å²) in [5.41, 5.74) is 2.95. The van der Waals surface area contributed by atoms with E-state index in [2.05, 4.69) is 20.4 Å². The number of aromatic amines is 1. The van der Waals surface area contributed by atoms with Gasteiger partial charge in [0.1, 0.15) is 0 Å². The number of fused-ring (bicyclic) bond motifs is 1. The Hall–Kier alpha value is -2.27. The molecule has 2 N–H and O–H groups in total. The van der Waals surface area contributed by atoms with Gasteiger partial charge in [-0.05, 0) is 6.07 Å². The third kappa shape index (κ3) is 1.66. The SMILES string of the molecule is OCc1n[nH]c2nnc(-c3ccccc3)cc12. The molecule has 3 aromatic rings. The van der Waals surface area contributed by atoms with E-state index >= 15 is 0 Å². The lowest BCUT2D eigenvalue weighted by Gasteiger charge is -1.99. The van der Waals surface area contributed by atoms with E-state index in [1.807, 2.05) is 36.4 Å². The van der Waals surface area contributed by atoms with Crippen LogP contribution in [0.15, 0.2) is 36.4 Å². The number of aromatic nitrogens is 4. The molecule has 0 atom stereocenters. The largest absolute Gasteiger partial charge is 0.390 e. The van der Waals surface area contributed by atoms with Crippen molar-refractivity contribution in [2.75, 3.05) is 0 Å². The Morgan fingerprint density at radius 2 is 1.94 bits per heavy atom. The van der Waals surface area contributed by atoms with Crippen molar-refractivity contribution >= 4 is 11.0 Å². The van der Waals surface area contributed by atoms with Crippen LogP contribution in [0.3, 0.4) is 0 Å². The molecule has 0 fully saturated rings. The number of hydrogen-bond donors (Lipinski definition) is 2. The molecule has 0 saturated heterocycles. The maximum atomic E-state index is 9.16. The second kappa shape index (κ2) is 3.95. The van der Waals surface area contributed by atoms with Gasteiger partial charge < -0.3 is 5.11 Å². The molecule has 3 rings (SSSR count). The number of aliphatic hydroxyl groups excluding tert-OH is 1. The molecule has 2 aromatic heterocycles. The van der Waals surface area contributed by atoms with Crippen LogP contribution in [0.1, 0.15) is 5.69 Å². The van der Waals surface area contributed by atoms with E-state index in [9.17, 15) is 0 Å². The summed E-state index contributed by atoms with van der Waals surface area (Å²) in [4.78, 5) is 0. The summed E-state index contributed by atoms with van der Waals surface area (Å²) in [6.07, 6.45) is 0. The number of H-pyrrole nitrogens is 1. The number of benzene rings is 1. The van der Waals surface area contributed by atoms with Gasteiger partial charge in [0.05, 0.1) is 18.0 Å². The molecule has 0 unspecified atom stereocenters. The molecular weight excluding hydrogens is 216 g/mol. The summed E-state index contributed by atoms with van der Waals surface area (Å²) in [6, 6.07) is 11.7. The smallest absolute Gasteiger partial charge is 0.178 e. The molecule has 84 valence electrons. The molecule has 0 spiro atoms. The molecular formula is C12H10N4O. The van der Waals surface area contributed by atoms with E-state index in [4.69, 9.17) is 5.11 Å². The third-order valence-corrected chi connectivity index (χ3v) is 2.62. The highest BCUT2D eigenvalue weighted by Crippen LogP contribution is 2.21. The van der Waals surface area contributed by atoms with Crippen molar-refractivity contribution in [2.45, 2.75) is 6.61 Å². The van der Waals surface area contributed by atoms with Crippen molar-refractivity contribution in [2.24, 2.45) is 0 Å². The number of rotatable bonds is 2. The Morgan fingerprint density at radius 1 is 1.12 bits per heavy atom. The fraction of sp³-hybridized carbons (Fsp3) is 0.0833. The van der Waals surface area contributed by atoms with Crippen molar-refractivity contribution in [1.82, 2.24) is 20.4 Å². The van der Waals surface area contributed by atoms with Gasteiger partial charge in [-0.25, -0.2) is 0 Å². The van der Waals surface area contributed by atoms with Gasteiger partial charge in [0, 0.05) is 10.9 Å². The first-order valence-corrected chi connectivity index (χ1v) is 5.25. The van der Waals surface area contributed by atoms with Crippen molar-refractivity contribution in [3.05, 3.63) is 42.1 Å². The molecule has 0 saturated carbocycles. The lowest BCUT2D eigenvalue weighted by molar-refractivity contribution is 0.278.